The largest absolute Gasteiger partial charge is 0.284 e. The standard InChI is InChI=1S/C24H32N2OS/c1-2-18-13-15-19(16-14-18)17-22-23(27)26(21-11-7-4-8-12-21)24(28-22)25-20-9-5-3-6-10-20/h13-17,20-21H,2-12H2,1H3. The molecule has 4 heteroatoms. The Balaban J connectivity index is 1.60. The second-order valence-corrected chi connectivity index (χ2v) is 9.39. The Morgan fingerprint density at radius 3 is 2.29 bits per heavy atom. The van der Waals surface area contributed by atoms with Gasteiger partial charge in [-0.3, -0.25) is 14.7 Å². The van der Waals surface area contributed by atoms with Crippen LogP contribution < -0.4 is 0 Å². The lowest BCUT2D eigenvalue weighted by Crippen LogP contribution is -2.41. The summed E-state index contributed by atoms with van der Waals surface area (Å²) in [7, 11) is 0. The van der Waals surface area contributed by atoms with Crippen molar-refractivity contribution in [3.05, 3.63) is 40.3 Å². The molecule has 150 valence electrons. The van der Waals surface area contributed by atoms with Gasteiger partial charge in [0.05, 0.1) is 10.9 Å². The van der Waals surface area contributed by atoms with Gasteiger partial charge in [0.1, 0.15) is 0 Å². The van der Waals surface area contributed by atoms with E-state index in [4.69, 9.17) is 4.99 Å². The van der Waals surface area contributed by atoms with Crippen LogP contribution in [0, 0.1) is 0 Å². The van der Waals surface area contributed by atoms with E-state index < -0.39 is 0 Å². The molecule has 4 rings (SSSR count). The van der Waals surface area contributed by atoms with Crippen molar-refractivity contribution in [1.82, 2.24) is 4.90 Å². The highest BCUT2D eigenvalue weighted by Crippen LogP contribution is 2.38. The van der Waals surface area contributed by atoms with Gasteiger partial charge in [0.15, 0.2) is 5.17 Å². The average Bonchev–Trinajstić information content (AvgIpc) is 3.04. The molecular weight excluding hydrogens is 364 g/mol. The zero-order chi connectivity index (χ0) is 19.3. The minimum Gasteiger partial charge on any atom is -0.284 e. The third kappa shape index (κ3) is 4.53. The number of rotatable bonds is 4. The molecule has 3 nitrogen and oxygen atoms in total. The van der Waals surface area contributed by atoms with Crippen LogP contribution in [0.15, 0.2) is 34.2 Å². The van der Waals surface area contributed by atoms with E-state index in [9.17, 15) is 4.79 Å². The number of aryl methyl sites for hydroxylation is 1. The van der Waals surface area contributed by atoms with Crippen molar-refractivity contribution in [2.75, 3.05) is 0 Å². The van der Waals surface area contributed by atoms with E-state index in [1.807, 2.05) is 0 Å². The number of carbonyl (C=O) groups is 1. The molecule has 28 heavy (non-hydrogen) atoms. The van der Waals surface area contributed by atoms with Gasteiger partial charge in [-0.1, -0.05) is 69.7 Å². The normalized spacial score (nSPS) is 25.2. The van der Waals surface area contributed by atoms with Gasteiger partial charge >= 0.3 is 0 Å². The van der Waals surface area contributed by atoms with Gasteiger partial charge in [-0.25, -0.2) is 0 Å². The maximum atomic E-state index is 13.3. The average molecular weight is 397 g/mol. The number of amidine groups is 1. The summed E-state index contributed by atoms with van der Waals surface area (Å²) in [5.74, 6) is 0.172. The molecule has 1 aromatic carbocycles. The van der Waals surface area contributed by atoms with Crippen molar-refractivity contribution in [1.29, 1.82) is 0 Å². The Hall–Kier alpha value is -1.55. The van der Waals surface area contributed by atoms with E-state index in [1.54, 1.807) is 11.8 Å². The highest BCUT2D eigenvalue weighted by atomic mass is 32.2. The van der Waals surface area contributed by atoms with Crippen molar-refractivity contribution < 1.29 is 4.79 Å². The van der Waals surface area contributed by atoms with E-state index in [0.717, 1.165) is 34.9 Å². The molecule has 1 amide bonds. The first-order valence-corrected chi connectivity index (χ1v) is 12.0. The lowest BCUT2D eigenvalue weighted by atomic mass is 9.94. The third-order valence-electron chi connectivity index (χ3n) is 6.33. The maximum absolute atomic E-state index is 13.3. The quantitative estimate of drug-likeness (QED) is 0.569. The highest BCUT2D eigenvalue weighted by Gasteiger charge is 2.39. The first-order valence-electron chi connectivity index (χ1n) is 11.1. The Morgan fingerprint density at radius 1 is 1.00 bits per heavy atom. The Bertz CT molecular complexity index is 740. The van der Waals surface area contributed by atoms with E-state index in [0.29, 0.717) is 12.1 Å². The van der Waals surface area contributed by atoms with Crippen LogP contribution in [0.2, 0.25) is 0 Å². The molecule has 1 aliphatic heterocycles. The summed E-state index contributed by atoms with van der Waals surface area (Å²) in [5, 5.41) is 0.972. The lowest BCUT2D eigenvalue weighted by molar-refractivity contribution is -0.124. The third-order valence-corrected chi connectivity index (χ3v) is 7.33. The summed E-state index contributed by atoms with van der Waals surface area (Å²) in [6.07, 6.45) is 15.3. The molecule has 0 atom stereocenters. The number of carbonyl (C=O) groups excluding carboxylic acids is 1. The smallest absolute Gasteiger partial charge is 0.266 e. The predicted octanol–water partition coefficient (Wildman–Crippen LogP) is 6.19. The zero-order valence-electron chi connectivity index (χ0n) is 17.0. The molecule has 0 radical (unpaired) electrons. The summed E-state index contributed by atoms with van der Waals surface area (Å²) in [6.45, 7) is 2.17. The minimum absolute atomic E-state index is 0.172. The number of benzene rings is 1. The van der Waals surface area contributed by atoms with Gasteiger partial charge < -0.3 is 0 Å². The molecule has 0 bridgehead atoms. The second-order valence-electron chi connectivity index (χ2n) is 8.38. The highest BCUT2D eigenvalue weighted by molar-refractivity contribution is 8.18. The van der Waals surface area contributed by atoms with Crippen LogP contribution in [-0.2, 0) is 11.2 Å². The van der Waals surface area contributed by atoms with Gasteiger partial charge in [0, 0.05) is 6.04 Å². The number of thioether (sulfide) groups is 1. The molecule has 3 aliphatic rings. The molecule has 1 saturated heterocycles. The van der Waals surface area contributed by atoms with Crippen LogP contribution >= 0.6 is 11.8 Å². The number of hydrogen-bond acceptors (Lipinski definition) is 3. The van der Waals surface area contributed by atoms with Gasteiger partial charge in [0.2, 0.25) is 0 Å². The minimum atomic E-state index is 0.172. The maximum Gasteiger partial charge on any atom is 0.266 e. The van der Waals surface area contributed by atoms with Crippen LogP contribution in [0.25, 0.3) is 6.08 Å². The van der Waals surface area contributed by atoms with Crippen LogP contribution in [-0.4, -0.2) is 28.1 Å². The molecule has 2 aliphatic carbocycles. The van der Waals surface area contributed by atoms with E-state index in [1.165, 1.54) is 56.9 Å². The fraction of sp³-hybridized carbons (Fsp3) is 0.583. The molecule has 0 unspecified atom stereocenters. The van der Waals surface area contributed by atoms with Crippen LogP contribution in [0.4, 0.5) is 0 Å². The summed E-state index contributed by atoms with van der Waals surface area (Å²) < 4.78 is 0. The van der Waals surface area contributed by atoms with Gasteiger partial charge in [-0.2, -0.15) is 0 Å². The second kappa shape index (κ2) is 9.30. The fourth-order valence-corrected chi connectivity index (χ4v) is 5.71. The van der Waals surface area contributed by atoms with Gasteiger partial charge in [-0.05, 0) is 61.1 Å². The molecule has 0 aromatic heterocycles. The monoisotopic (exact) mass is 396 g/mol. The van der Waals surface area contributed by atoms with E-state index in [-0.39, 0.29) is 5.91 Å². The van der Waals surface area contributed by atoms with Crippen molar-refractivity contribution in [3.63, 3.8) is 0 Å². The van der Waals surface area contributed by atoms with Crippen molar-refractivity contribution in [2.45, 2.75) is 89.6 Å². The molecule has 2 saturated carbocycles. The van der Waals surface area contributed by atoms with E-state index >= 15 is 0 Å². The van der Waals surface area contributed by atoms with Crippen molar-refractivity contribution in [2.24, 2.45) is 4.99 Å². The Labute approximate surface area is 173 Å². The fourth-order valence-electron chi connectivity index (χ4n) is 4.61. The molecule has 1 aromatic rings. The van der Waals surface area contributed by atoms with E-state index in [2.05, 4.69) is 42.2 Å². The predicted molar refractivity (Wildman–Crippen MR) is 119 cm³/mol. The topological polar surface area (TPSA) is 32.7 Å². The number of nitrogens with zero attached hydrogens (tertiary/aromatic N) is 2. The first-order chi connectivity index (χ1) is 13.7. The summed E-state index contributed by atoms with van der Waals surface area (Å²) in [6, 6.07) is 9.31. The molecule has 1 heterocycles. The van der Waals surface area contributed by atoms with Crippen LogP contribution in [0.1, 0.15) is 82.3 Å². The molecule has 0 N–H and O–H groups in total. The Kier molecular flexibility index (Phi) is 6.56. The van der Waals surface area contributed by atoms with Crippen molar-refractivity contribution >= 4 is 28.9 Å². The van der Waals surface area contributed by atoms with Crippen molar-refractivity contribution in [3.8, 4) is 0 Å². The lowest BCUT2D eigenvalue weighted by Gasteiger charge is -2.31. The number of amides is 1. The molecule has 3 fully saturated rings. The first kappa shape index (κ1) is 19.8. The van der Waals surface area contributed by atoms with Crippen LogP contribution in [0.3, 0.4) is 0 Å². The Morgan fingerprint density at radius 2 is 1.64 bits per heavy atom. The summed E-state index contributed by atoms with van der Waals surface area (Å²) in [4.78, 5) is 21.3. The zero-order valence-corrected chi connectivity index (χ0v) is 17.8. The molecule has 0 spiro atoms. The van der Waals surface area contributed by atoms with Crippen LogP contribution in [0.5, 0.6) is 0 Å². The summed E-state index contributed by atoms with van der Waals surface area (Å²) >= 11 is 1.61. The SMILES string of the molecule is CCc1ccc(C=C2SC(=NC3CCCCC3)N(C3CCCCC3)C2=O)cc1. The van der Waals surface area contributed by atoms with Gasteiger partial charge in [0.25, 0.3) is 5.91 Å². The van der Waals surface area contributed by atoms with Gasteiger partial charge in [-0.15, -0.1) is 0 Å². The number of aliphatic imine (C=N–C) groups is 1. The summed E-state index contributed by atoms with van der Waals surface area (Å²) in [5.41, 5.74) is 2.44. The molecular formula is C24H32N2OS. The number of hydrogen-bond donors (Lipinski definition) is 0.